The second kappa shape index (κ2) is 5.42. The molecule has 108 valence electrons. The second-order valence-electron chi connectivity index (χ2n) is 4.28. The highest BCUT2D eigenvalue weighted by Gasteiger charge is 2.14. The van der Waals surface area contributed by atoms with E-state index in [4.69, 9.17) is 16.3 Å². The second-order valence-corrected chi connectivity index (χ2v) is 5.65. The van der Waals surface area contributed by atoms with Crippen LogP contribution in [-0.2, 0) is 7.05 Å². The minimum atomic E-state index is 0.106. The van der Waals surface area contributed by atoms with Gasteiger partial charge in [0.1, 0.15) is 27.9 Å². The number of rotatable bonds is 3. The van der Waals surface area contributed by atoms with Crippen molar-refractivity contribution in [2.24, 2.45) is 7.05 Å². The van der Waals surface area contributed by atoms with Gasteiger partial charge in [0, 0.05) is 18.5 Å². The van der Waals surface area contributed by atoms with Gasteiger partial charge in [-0.2, -0.15) is 0 Å². The Morgan fingerprint density at radius 3 is 2.86 bits per heavy atom. The number of aryl methyl sites for hydroxylation is 1. The summed E-state index contributed by atoms with van der Waals surface area (Å²) >= 11 is 7.55. The van der Waals surface area contributed by atoms with E-state index in [0.29, 0.717) is 31.9 Å². The molecule has 0 radical (unpaired) electrons. The highest BCUT2D eigenvalue weighted by molar-refractivity contribution is 7.99. The van der Waals surface area contributed by atoms with E-state index in [2.05, 4.69) is 15.2 Å². The Hall–Kier alpha value is -1.99. The van der Waals surface area contributed by atoms with Gasteiger partial charge in [-0.25, -0.2) is 4.98 Å². The zero-order chi connectivity index (χ0) is 15.0. The molecule has 21 heavy (non-hydrogen) atoms. The van der Waals surface area contributed by atoms with Gasteiger partial charge in [-0.05, 0) is 23.9 Å². The maximum Gasteiger partial charge on any atom is 0.197 e. The molecule has 3 rings (SSSR count). The predicted octanol–water partition coefficient (Wildman–Crippen LogP) is 2.88. The molecule has 0 unspecified atom stereocenters. The van der Waals surface area contributed by atoms with Gasteiger partial charge in [0.25, 0.3) is 0 Å². The SMILES string of the molecule is COc1ccc2c(O)cc(Sc3nncn3C)nc2c1Cl. The predicted molar refractivity (Wildman–Crippen MR) is 80.1 cm³/mol. The van der Waals surface area contributed by atoms with Gasteiger partial charge < -0.3 is 14.4 Å². The van der Waals surface area contributed by atoms with Gasteiger partial charge in [-0.3, -0.25) is 0 Å². The standard InChI is InChI=1S/C13H11ClN4O2S/c1-18-6-15-17-13(18)21-10-5-8(19)7-3-4-9(20-2)11(14)12(7)16-10/h3-6H,1-2H3,(H,16,19). The Labute approximate surface area is 129 Å². The van der Waals surface area contributed by atoms with E-state index < -0.39 is 0 Å². The van der Waals surface area contributed by atoms with Crippen LogP contribution in [0.4, 0.5) is 0 Å². The summed E-state index contributed by atoms with van der Waals surface area (Å²) in [7, 11) is 3.37. The molecule has 0 spiro atoms. The Kier molecular flexibility index (Phi) is 3.60. The first-order chi connectivity index (χ1) is 10.1. The smallest absolute Gasteiger partial charge is 0.197 e. The first kappa shape index (κ1) is 14.0. The lowest BCUT2D eigenvalue weighted by atomic mass is 10.2. The summed E-state index contributed by atoms with van der Waals surface area (Å²) < 4.78 is 6.94. The monoisotopic (exact) mass is 322 g/mol. The summed E-state index contributed by atoms with van der Waals surface area (Å²) in [6, 6.07) is 4.99. The molecule has 1 aromatic carbocycles. The van der Waals surface area contributed by atoms with Gasteiger partial charge in [0.2, 0.25) is 0 Å². The van der Waals surface area contributed by atoms with Crippen LogP contribution in [-0.4, -0.2) is 32.0 Å². The number of nitrogens with zero attached hydrogens (tertiary/aromatic N) is 4. The molecule has 2 heterocycles. The Bertz CT molecular complexity index is 821. The molecule has 0 atom stereocenters. The number of ether oxygens (including phenoxy) is 1. The maximum absolute atomic E-state index is 10.1. The van der Waals surface area contributed by atoms with Crippen LogP contribution < -0.4 is 4.74 Å². The van der Waals surface area contributed by atoms with Crippen molar-refractivity contribution in [3.8, 4) is 11.5 Å². The molecule has 0 aliphatic heterocycles. The van der Waals surface area contributed by atoms with E-state index in [9.17, 15) is 5.11 Å². The van der Waals surface area contributed by atoms with Crippen LogP contribution in [0.25, 0.3) is 10.9 Å². The van der Waals surface area contributed by atoms with Crippen molar-refractivity contribution in [1.29, 1.82) is 0 Å². The van der Waals surface area contributed by atoms with Gasteiger partial charge in [-0.1, -0.05) is 11.6 Å². The van der Waals surface area contributed by atoms with E-state index in [-0.39, 0.29) is 5.75 Å². The Balaban J connectivity index is 2.13. The van der Waals surface area contributed by atoms with Crippen LogP contribution in [0.15, 0.2) is 34.7 Å². The third kappa shape index (κ3) is 2.50. The largest absolute Gasteiger partial charge is 0.507 e. The third-order valence-electron chi connectivity index (χ3n) is 2.92. The molecule has 0 saturated carbocycles. The van der Waals surface area contributed by atoms with Gasteiger partial charge >= 0.3 is 0 Å². The minimum absolute atomic E-state index is 0.106. The summed E-state index contributed by atoms with van der Waals surface area (Å²) in [6.07, 6.45) is 1.60. The van der Waals surface area contributed by atoms with Crippen LogP contribution in [0.5, 0.6) is 11.5 Å². The molecule has 6 nitrogen and oxygen atoms in total. The summed E-state index contributed by atoms with van der Waals surface area (Å²) in [4.78, 5) is 4.47. The van der Waals surface area contributed by atoms with Crippen molar-refractivity contribution in [3.05, 3.63) is 29.5 Å². The van der Waals surface area contributed by atoms with Gasteiger partial charge in [-0.15, -0.1) is 10.2 Å². The molecule has 0 amide bonds. The van der Waals surface area contributed by atoms with Crippen molar-refractivity contribution < 1.29 is 9.84 Å². The fourth-order valence-corrected chi connectivity index (χ4v) is 2.93. The zero-order valence-corrected chi connectivity index (χ0v) is 12.8. The maximum atomic E-state index is 10.1. The van der Waals surface area contributed by atoms with Crippen molar-refractivity contribution in [2.45, 2.75) is 10.2 Å². The highest BCUT2D eigenvalue weighted by Crippen LogP contribution is 2.38. The summed E-state index contributed by atoms with van der Waals surface area (Å²) in [5.41, 5.74) is 0.487. The Morgan fingerprint density at radius 2 is 2.19 bits per heavy atom. The van der Waals surface area contributed by atoms with E-state index in [1.807, 2.05) is 7.05 Å². The molecule has 0 aliphatic carbocycles. The van der Waals surface area contributed by atoms with E-state index in [0.717, 1.165) is 0 Å². The number of fused-ring (bicyclic) bond motifs is 1. The molecule has 1 N–H and O–H groups in total. The fourth-order valence-electron chi connectivity index (χ4n) is 1.87. The zero-order valence-electron chi connectivity index (χ0n) is 11.2. The number of hydrogen-bond acceptors (Lipinski definition) is 6. The quantitative estimate of drug-likeness (QED) is 0.799. The average Bonchev–Trinajstić information content (AvgIpc) is 2.86. The summed E-state index contributed by atoms with van der Waals surface area (Å²) in [5, 5.41) is 20.1. The van der Waals surface area contributed by atoms with Crippen LogP contribution in [0.3, 0.4) is 0 Å². The minimum Gasteiger partial charge on any atom is -0.507 e. The number of methoxy groups -OCH3 is 1. The van der Waals surface area contributed by atoms with E-state index in [1.165, 1.54) is 18.9 Å². The molecular weight excluding hydrogens is 312 g/mol. The van der Waals surface area contributed by atoms with Crippen LogP contribution in [0, 0.1) is 0 Å². The van der Waals surface area contributed by atoms with Crippen LogP contribution in [0.1, 0.15) is 0 Å². The third-order valence-corrected chi connectivity index (χ3v) is 4.26. The lowest BCUT2D eigenvalue weighted by Crippen LogP contribution is -1.92. The number of benzene rings is 1. The molecule has 2 aromatic heterocycles. The van der Waals surface area contributed by atoms with Crippen LogP contribution >= 0.6 is 23.4 Å². The molecule has 0 aliphatic rings. The number of aromatic nitrogens is 4. The Morgan fingerprint density at radius 1 is 1.38 bits per heavy atom. The molecule has 8 heteroatoms. The fraction of sp³-hybridized carbons (Fsp3) is 0.154. The van der Waals surface area contributed by atoms with Crippen LogP contribution in [0.2, 0.25) is 5.02 Å². The lowest BCUT2D eigenvalue weighted by Gasteiger charge is -2.09. The van der Waals surface area contributed by atoms with Crippen molar-refractivity contribution in [2.75, 3.05) is 7.11 Å². The van der Waals surface area contributed by atoms with Crippen molar-refractivity contribution in [3.63, 3.8) is 0 Å². The van der Waals surface area contributed by atoms with Gasteiger partial charge in [0.05, 0.1) is 12.6 Å². The number of hydrogen-bond donors (Lipinski definition) is 1. The molecular formula is C13H11ClN4O2S. The van der Waals surface area contributed by atoms with Crippen molar-refractivity contribution >= 4 is 34.3 Å². The van der Waals surface area contributed by atoms with E-state index in [1.54, 1.807) is 29.1 Å². The first-order valence-electron chi connectivity index (χ1n) is 5.98. The normalized spacial score (nSPS) is 11.0. The lowest BCUT2D eigenvalue weighted by molar-refractivity contribution is 0.415. The number of halogens is 1. The molecule has 0 saturated heterocycles. The highest BCUT2D eigenvalue weighted by atomic mass is 35.5. The molecule has 0 bridgehead atoms. The summed E-state index contributed by atoms with van der Waals surface area (Å²) in [6.45, 7) is 0. The number of pyridine rings is 1. The average molecular weight is 323 g/mol. The van der Waals surface area contributed by atoms with Crippen molar-refractivity contribution in [1.82, 2.24) is 19.7 Å². The number of aromatic hydroxyl groups is 1. The first-order valence-corrected chi connectivity index (χ1v) is 7.17. The van der Waals surface area contributed by atoms with Gasteiger partial charge in [0.15, 0.2) is 5.16 Å². The molecule has 3 aromatic rings. The van der Waals surface area contributed by atoms with E-state index >= 15 is 0 Å². The topological polar surface area (TPSA) is 73.1 Å². The summed E-state index contributed by atoms with van der Waals surface area (Å²) in [5.74, 6) is 0.617. The molecule has 0 fully saturated rings.